The highest BCUT2D eigenvalue weighted by Gasteiger charge is 2.25. The molecular weight excluding hydrogens is 365 g/mol. The molecule has 2 aliphatic rings. The molecule has 1 aliphatic carbocycles. The Hall–Kier alpha value is -0.170. The van der Waals surface area contributed by atoms with Crippen LogP contribution in [-0.2, 0) is 0 Å². The van der Waals surface area contributed by atoms with Crippen molar-refractivity contribution in [3.05, 3.63) is 22.2 Å². The van der Waals surface area contributed by atoms with Crippen LogP contribution in [-0.4, -0.2) is 43.2 Å². The molecule has 4 nitrogen and oxygen atoms in total. The summed E-state index contributed by atoms with van der Waals surface area (Å²) < 4.78 is 9.69. The third kappa shape index (κ3) is 5.16. The fraction of sp³-hybridized carbons (Fsp3) is 0.647. The second kappa shape index (κ2) is 8.97. The molecule has 1 aromatic carbocycles. The Kier molecular flexibility index (Phi) is 6.96. The summed E-state index contributed by atoms with van der Waals surface area (Å²) in [5.41, 5.74) is 5.59. The van der Waals surface area contributed by atoms with E-state index in [0.717, 1.165) is 56.1 Å². The van der Waals surface area contributed by atoms with E-state index < -0.39 is 0 Å². The number of hydrogen-bond acceptors (Lipinski definition) is 5. The molecule has 24 heavy (non-hydrogen) atoms. The van der Waals surface area contributed by atoms with Gasteiger partial charge < -0.3 is 15.4 Å². The molecule has 134 valence electrons. The van der Waals surface area contributed by atoms with Crippen LogP contribution in [0.15, 0.2) is 17.0 Å². The molecule has 0 radical (unpaired) electrons. The predicted molar refractivity (Wildman–Crippen MR) is 102 cm³/mol. The van der Waals surface area contributed by atoms with Crippen molar-refractivity contribution in [3.8, 4) is 5.75 Å². The van der Waals surface area contributed by atoms with Crippen molar-refractivity contribution >= 4 is 35.1 Å². The first-order valence-electron chi connectivity index (χ1n) is 8.67. The summed E-state index contributed by atoms with van der Waals surface area (Å²) in [7, 11) is 0. The standard InChI is InChI=1S/C17H25Cl2N3OS/c18-14-4-5-15(17(16(14)19)24-21-12-2-3-12)23-13-6-10-22(11-7-13)9-1-8-20/h4-5,12-13,21H,1-3,6-11,20H2. The van der Waals surface area contributed by atoms with Gasteiger partial charge in [-0.3, -0.25) is 4.72 Å². The highest BCUT2D eigenvalue weighted by atomic mass is 35.5. The van der Waals surface area contributed by atoms with Crippen LogP contribution in [0.1, 0.15) is 32.1 Å². The Morgan fingerprint density at radius 3 is 2.62 bits per heavy atom. The number of benzene rings is 1. The van der Waals surface area contributed by atoms with E-state index in [-0.39, 0.29) is 6.10 Å². The van der Waals surface area contributed by atoms with Crippen LogP contribution >= 0.6 is 35.1 Å². The monoisotopic (exact) mass is 389 g/mol. The molecule has 0 aromatic heterocycles. The Balaban J connectivity index is 1.59. The Bertz CT molecular complexity index is 549. The van der Waals surface area contributed by atoms with Crippen LogP contribution in [0.25, 0.3) is 0 Å². The van der Waals surface area contributed by atoms with Crippen molar-refractivity contribution < 1.29 is 4.74 Å². The number of nitrogens with one attached hydrogen (secondary N) is 1. The van der Waals surface area contributed by atoms with Gasteiger partial charge in [0.1, 0.15) is 11.9 Å². The number of hydrogen-bond donors (Lipinski definition) is 2. The third-order valence-corrected chi connectivity index (χ3v) is 6.40. The van der Waals surface area contributed by atoms with Crippen LogP contribution in [0.2, 0.25) is 10.0 Å². The fourth-order valence-corrected chi connectivity index (χ4v) is 4.21. The smallest absolute Gasteiger partial charge is 0.136 e. The average Bonchev–Trinajstić information content (AvgIpc) is 3.41. The predicted octanol–water partition coefficient (Wildman–Crippen LogP) is 3.94. The molecule has 1 saturated heterocycles. The summed E-state index contributed by atoms with van der Waals surface area (Å²) in [6, 6.07) is 4.34. The minimum Gasteiger partial charge on any atom is -0.489 e. The molecule has 0 amide bonds. The molecule has 1 aliphatic heterocycles. The lowest BCUT2D eigenvalue weighted by Gasteiger charge is -2.32. The van der Waals surface area contributed by atoms with Gasteiger partial charge in [-0.2, -0.15) is 0 Å². The van der Waals surface area contributed by atoms with Crippen LogP contribution in [0, 0.1) is 0 Å². The SMILES string of the molecule is NCCCN1CCC(Oc2ccc(Cl)c(Cl)c2SNC2CC2)CC1. The first kappa shape index (κ1) is 18.6. The number of rotatable bonds is 8. The van der Waals surface area contributed by atoms with Gasteiger partial charge in [-0.05, 0) is 69.3 Å². The van der Waals surface area contributed by atoms with Crippen molar-refractivity contribution in [2.45, 2.75) is 49.1 Å². The summed E-state index contributed by atoms with van der Waals surface area (Å²) in [4.78, 5) is 3.37. The molecule has 7 heteroatoms. The minimum atomic E-state index is 0.233. The van der Waals surface area contributed by atoms with Crippen molar-refractivity contribution in [1.29, 1.82) is 0 Å². The molecule has 1 heterocycles. The number of ether oxygens (including phenoxy) is 1. The van der Waals surface area contributed by atoms with Crippen molar-refractivity contribution in [2.24, 2.45) is 5.73 Å². The molecule has 1 aromatic rings. The molecule has 3 rings (SSSR count). The average molecular weight is 390 g/mol. The second-order valence-electron chi connectivity index (χ2n) is 6.48. The number of piperidine rings is 1. The zero-order valence-corrected chi connectivity index (χ0v) is 16.1. The summed E-state index contributed by atoms with van der Waals surface area (Å²) in [5.74, 6) is 0.836. The number of nitrogens with zero attached hydrogens (tertiary/aromatic N) is 1. The van der Waals surface area contributed by atoms with Crippen molar-refractivity contribution in [3.63, 3.8) is 0 Å². The number of likely N-dealkylation sites (tertiary alicyclic amines) is 1. The van der Waals surface area contributed by atoms with Gasteiger partial charge in [-0.25, -0.2) is 0 Å². The van der Waals surface area contributed by atoms with E-state index in [9.17, 15) is 0 Å². The summed E-state index contributed by atoms with van der Waals surface area (Å²) in [5, 5.41) is 1.15. The van der Waals surface area contributed by atoms with Gasteiger partial charge in [-0.1, -0.05) is 23.2 Å². The zero-order chi connectivity index (χ0) is 16.9. The Morgan fingerprint density at radius 2 is 1.96 bits per heavy atom. The molecular formula is C17H25Cl2N3OS. The zero-order valence-electron chi connectivity index (χ0n) is 13.8. The van der Waals surface area contributed by atoms with Crippen molar-refractivity contribution in [2.75, 3.05) is 26.2 Å². The maximum absolute atomic E-state index is 6.41. The Labute approximate surface area is 158 Å². The Morgan fingerprint density at radius 1 is 1.21 bits per heavy atom. The lowest BCUT2D eigenvalue weighted by Crippen LogP contribution is -2.39. The quantitative estimate of drug-likeness (QED) is 0.659. The fourth-order valence-electron chi connectivity index (χ4n) is 2.79. The van der Waals surface area contributed by atoms with E-state index in [2.05, 4.69) is 9.62 Å². The third-order valence-electron chi connectivity index (χ3n) is 4.43. The molecule has 2 fully saturated rings. The van der Waals surface area contributed by atoms with E-state index in [1.807, 2.05) is 12.1 Å². The highest BCUT2D eigenvalue weighted by Crippen LogP contribution is 2.41. The summed E-state index contributed by atoms with van der Waals surface area (Å²) in [6.45, 7) is 3.97. The van der Waals surface area contributed by atoms with Crippen molar-refractivity contribution in [1.82, 2.24) is 9.62 Å². The molecule has 1 saturated carbocycles. The van der Waals surface area contributed by atoms with Crippen LogP contribution in [0.5, 0.6) is 5.75 Å². The van der Waals surface area contributed by atoms with Gasteiger partial charge in [0, 0.05) is 19.1 Å². The van der Waals surface area contributed by atoms with Gasteiger partial charge in [0.15, 0.2) is 0 Å². The van der Waals surface area contributed by atoms with Gasteiger partial charge in [-0.15, -0.1) is 0 Å². The van der Waals surface area contributed by atoms with Gasteiger partial charge in [0.2, 0.25) is 0 Å². The van der Waals surface area contributed by atoms with E-state index in [1.54, 1.807) is 11.9 Å². The maximum Gasteiger partial charge on any atom is 0.136 e. The van der Waals surface area contributed by atoms with Crippen LogP contribution in [0.3, 0.4) is 0 Å². The highest BCUT2D eigenvalue weighted by molar-refractivity contribution is 7.97. The molecule has 0 unspecified atom stereocenters. The molecule has 0 bridgehead atoms. The van der Waals surface area contributed by atoms with Crippen LogP contribution in [0.4, 0.5) is 0 Å². The largest absolute Gasteiger partial charge is 0.489 e. The number of halogens is 2. The second-order valence-corrected chi connectivity index (χ2v) is 8.12. The molecule has 3 N–H and O–H groups in total. The lowest BCUT2D eigenvalue weighted by molar-refractivity contribution is 0.0981. The normalized spacial score (nSPS) is 19.6. The van der Waals surface area contributed by atoms with E-state index >= 15 is 0 Å². The first-order valence-corrected chi connectivity index (χ1v) is 10.2. The summed E-state index contributed by atoms with van der Waals surface area (Å²) >= 11 is 14.1. The van der Waals surface area contributed by atoms with Gasteiger partial charge in [0.05, 0.1) is 14.9 Å². The first-order chi connectivity index (χ1) is 11.7. The summed E-state index contributed by atoms with van der Waals surface area (Å²) in [6.07, 6.45) is 5.81. The number of nitrogens with two attached hydrogens (primary N) is 1. The minimum absolute atomic E-state index is 0.233. The van der Waals surface area contributed by atoms with E-state index in [0.29, 0.717) is 16.1 Å². The van der Waals surface area contributed by atoms with Gasteiger partial charge in [0.25, 0.3) is 0 Å². The topological polar surface area (TPSA) is 50.5 Å². The molecule has 0 spiro atoms. The maximum atomic E-state index is 6.41. The van der Waals surface area contributed by atoms with Gasteiger partial charge >= 0.3 is 0 Å². The molecule has 0 atom stereocenters. The van der Waals surface area contributed by atoms with E-state index in [1.165, 1.54) is 12.8 Å². The van der Waals surface area contributed by atoms with E-state index in [4.69, 9.17) is 33.7 Å². The van der Waals surface area contributed by atoms with Crippen LogP contribution < -0.4 is 15.2 Å². The lowest BCUT2D eigenvalue weighted by atomic mass is 10.1.